The second kappa shape index (κ2) is 13.0. The number of phenolic OH excluding ortho intramolecular Hbond substituents is 2. The van der Waals surface area contributed by atoms with Crippen molar-refractivity contribution in [3.8, 4) is 11.5 Å². The van der Waals surface area contributed by atoms with E-state index in [0.717, 1.165) is 11.1 Å². The number of para-hydroxylation sites is 2. The van der Waals surface area contributed by atoms with Crippen molar-refractivity contribution in [2.75, 3.05) is 0 Å². The molecule has 0 aliphatic rings. The number of aromatic hydroxyl groups is 2. The molecular formula is C27H24O6. The zero-order valence-corrected chi connectivity index (χ0v) is 17.7. The van der Waals surface area contributed by atoms with E-state index < -0.39 is 11.9 Å². The first-order chi connectivity index (χ1) is 15.9. The van der Waals surface area contributed by atoms with Crippen molar-refractivity contribution in [3.63, 3.8) is 0 Å². The highest BCUT2D eigenvalue weighted by Crippen LogP contribution is 2.24. The van der Waals surface area contributed by atoms with Crippen LogP contribution in [0, 0.1) is 0 Å². The fourth-order valence-electron chi connectivity index (χ4n) is 2.69. The maximum absolute atomic E-state index is 10.2. The van der Waals surface area contributed by atoms with Gasteiger partial charge in [0.05, 0.1) is 11.1 Å². The second-order valence-electron chi connectivity index (χ2n) is 6.78. The third kappa shape index (κ3) is 8.59. The molecule has 0 aromatic heterocycles. The second-order valence-corrected chi connectivity index (χ2v) is 6.78. The van der Waals surface area contributed by atoms with Crippen molar-refractivity contribution in [1.82, 2.24) is 0 Å². The quantitative estimate of drug-likeness (QED) is 0.332. The standard InChI is InChI=1S/C13H12O2.2C7H6O2/c14-12-7-3-1-5-10(12)9-11-6-2-4-8-13(11)15;2*8-7(9)6-4-2-1-3-5-6/h1-8,14-15H,9H2;2*1-5H,(H,8,9). The third-order valence-corrected chi connectivity index (χ3v) is 4.41. The Morgan fingerprint density at radius 2 is 0.788 bits per heavy atom. The van der Waals surface area contributed by atoms with E-state index in [2.05, 4.69) is 0 Å². The molecule has 0 bridgehead atoms. The molecule has 0 saturated carbocycles. The topological polar surface area (TPSA) is 115 Å². The lowest BCUT2D eigenvalue weighted by atomic mass is 10.0. The Balaban J connectivity index is 0.000000186. The van der Waals surface area contributed by atoms with Crippen molar-refractivity contribution in [2.45, 2.75) is 6.42 Å². The van der Waals surface area contributed by atoms with Crippen LogP contribution in [0.4, 0.5) is 0 Å². The Morgan fingerprint density at radius 3 is 1.06 bits per heavy atom. The Hall–Kier alpha value is -4.58. The Kier molecular flexibility index (Phi) is 9.70. The molecule has 0 saturated heterocycles. The van der Waals surface area contributed by atoms with Crippen LogP contribution in [-0.4, -0.2) is 32.4 Å². The van der Waals surface area contributed by atoms with E-state index in [1.165, 1.54) is 0 Å². The van der Waals surface area contributed by atoms with E-state index in [-0.39, 0.29) is 11.5 Å². The van der Waals surface area contributed by atoms with Gasteiger partial charge in [0.1, 0.15) is 11.5 Å². The average Bonchev–Trinajstić information content (AvgIpc) is 2.84. The molecule has 0 heterocycles. The van der Waals surface area contributed by atoms with Gasteiger partial charge in [-0.3, -0.25) is 0 Å². The molecule has 6 nitrogen and oxygen atoms in total. The summed E-state index contributed by atoms with van der Waals surface area (Å²) in [7, 11) is 0. The highest BCUT2D eigenvalue weighted by atomic mass is 16.4. The highest BCUT2D eigenvalue weighted by Gasteiger charge is 2.04. The Bertz CT molecular complexity index is 1060. The fourth-order valence-corrected chi connectivity index (χ4v) is 2.69. The van der Waals surface area contributed by atoms with Gasteiger partial charge >= 0.3 is 11.9 Å². The van der Waals surface area contributed by atoms with E-state index >= 15 is 0 Å². The molecular weight excluding hydrogens is 420 g/mol. The van der Waals surface area contributed by atoms with E-state index in [9.17, 15) is 19.8 Å². The van der Waals surface area contributed by atoms with Gasteiger partial charge in [0.2, 0.25) is 0 Å². The molecule has 0 atom stereocenters. The zero-order chi connectivity index (χ0) is 24.1. The largest absolute Gasteiger partial charge is 0.508 e. The molecule has 4 aromatic carbocycles. The van der Waals surface area contributed by atoms with Crippen LogP contribution in [0.5, 0.6) is 11.5 Å². The van der Waals surface area contributed by atoms with Crippen molar-refractivity contribution in [3.05, 3.63) is 131 Å². The molecule has 4 rings (SSSR count). The summed E-state index contributed by atoms with van der Waals surface area (Å²) in [5.74, 6) is -1.23. The van der Waals surface area contributed by atoms with Crippen molar-refractivity contribution in [1.29, 1.82) is 0 Å². The van der Waals surface area contributed by atoms with Crippen LogP contribution in [0.25, 0.3) is 0 Å². The van der Waals surface area contributed by atoms with Crippen molar-refractivity contribution >= 4 is 11.9 Å². The number of rotatable bonds is 4. The number of benzene rings is 4. The Labute approximate surface area is 191 Å². The highest BCUT2D eigenvalue weighted by molar-refractivity contribution is 5.87. The van der Waals surface area contributed by atoms with Gasteiger partial charge in [0.25, 0.3) is 0 Å². The van der Waals surface area contributed by atoms with Crippen LogP contribution in [0.3, 0.4) is 0 Å². The first-order valence-electron chi connectivity index (χ1n) is 9.99. The fraction of sp³-hybridized carbons (Fsp3) is 0.0370. The van der Waals surface area contributed by atoms with E-state index in [1.807, 2.05) is 24.3 Å². The first kappa shape index (κ1) is 24.7. The number of hydrogen-bond acceptors (Lipinski definition) is 4. The number of phenols is 2. The van der Waals surface area contributed by atoms with Gasteiger partial charge in [0.15, 0.2) is 0 Å². The zero-order valence-electron chi connectivity index (χ0n) is 17.7. The molecule has 4 aromatic rings. The van der Waals surface area contributed by atoms with Gasteiger partial charge in [-0.1, -0.05) is 72.8 Å². The minimum atomic E-state index is -0.879. The van der Waals surface area contributed by atoms with Gasteiger partial charge < -0.3 is 20.4 Å². The maximum Gasteiger partial charge on any atom is 0.335 e. The molecule has 0 spiro atoms. The predicted octanol–water partition coefficient (Wildman–Crippen LogP) is 5.46. The molecule has 0 radical (unpaired) electrons. The molecule has 4 N–H and O–H groups in total. The summed E-state index contributed by atoms with van der Waals surface area (Å²) in [6, 6.07) is 30.9. The van der Waals surface area contributed by atoms with Gasteiger partial charge in [-0.25, -0.2) is 9.59 Å². The smallest absolute Gasteiger partial charge is 0.335 e. The van der Waals surface area contributed by atoms with Crippen LogP contribution in [0.1, 0.15) is 31.8 Å². The average molecular weight is 444 g/mol. The molecule has 33 heavy (non-hydrogen) atoms. The molecule has 0 fully saturated rings. The predicted molar refractivity (Wildman–Crippen MR) is 126 cm³/mol. The number of hydrogen-bond donors (Lipinski definition) is 4. The number of carboxylic acids is 2. The molecule has 0 unspecified atom stereocenters. The van der Waals surface area contributed by atoms with Crippen LogP contribution in [0.15, 0.2) is 109 Å². The van der Waals surface area contributed by atoms with Crippen molar-refractivity contribution in [2.24, 2.45) is 0 Å². The van der Waals surface area contributed by atoms with Gasteiger partial charge in [-0.15, -0.1) is 0 Å². The maximum atomic E-state index is 10.2. The first-order valence-corrected chi connectivity index (χ1v) is 9.99. The van der Waals surface area contributed by atoms with Crippen molar-refractivity contribution < 1.29 is 30.0 Å². The number of carbonyl (C=O) groups is 2. The summed E-state index contributed by atoms with van der Waals surface area (Å²) >= 11 is 0. The summed E-state index contributed by atoms with van der Waals surface area (Å²) in [5.41, 5.74) is 2.30. The third-order valence-electron chi connectivity index (χ3n) is 4.41. The van der Waals surface area contributed by atoms with Crippen LogP contribution in [-0.2, 0) is 6.42 Å². The molecule has 6 heteroatoms. The van der Waals surface area contributed by atoms with Crippen LogP contribution in [0.2, 0.25) is 0 Å². The minimum Gasteiger partial charge on any atom is -0.508 e. The lowest BCUT2D eigenvalue weighted by Gasteiger charge is -2.05. The number of aromatic carboxylic acids is 2. The summed E-state index contributed by atoms with van der Waals surface area (Å²) in [6.45, 7) is 0. The summed E-state index contributed by atoms with van der Waals surface area (Å²) < 4.78 is 0. The molecule has 0 amide bonds. The monoisotopic (exact) mass is 444 g/mol. The summed E-state index contributed by atoms with van der Waals surface area (Å²) in [6.07, 6.45) is 0.541. The van der Waals surface area contributed by atoms with Crippen LogP contribution < -0.4 is 0 Å². The van der Waals surface area contributed by atoms with E-state index in [4.69, 9.17) is 10.2 Å². The Morgan fingerprint density at radius 1 is 0.485 bits per heavy atom. The van der Waals surface area contributed by atoms with Gasteiger partial charge in [-0.2, -0.15) is 0 Å². The lowest BCUT2D eigenvalue weighted by molar-refractivity contribution is 0.0686. The molecule has 0 aliphatic heterocycles. The van der Waals surface area contributed by atoms with E-state index in [1.54, 1.807) is 84.9 Å². The molecule has 0 aliphatic carbocycles. The normalized spacial score (nSPS) is 9.45. The van der Waals surface area contributed by atoms with Crippen LogP contribution >= 0.6 is 0 Å². The SMILES string of the molecule is O=C(O)c1ccccc1.O=C(O)c1ccccc1.Oc1ccccc1Cc1ccccc1O. The lowest BCUT2D eigenvalue weighted by Crippen LogP contribution is -1.93. The van der Waals surface area contributed by atoms with Gasteiger partial charge in [-0.05, 0) is 47.5 Å². The van der Waals surface area contributed by atoms with E-state index in [0.29, 0.717) is 17.5 Å². The summed E-state index contributed by atoms with van der Waals surface area (Å²) in [4.78, 5) is 20.4. The summed E-state index contributed by atoms with van der Waals surface area (Å²) in [5, 5.41) is 35.9. The number of carboxylic acid groups (broad SMARTS) is 2. The minimum absolute atomic E-state index is 0.265. The molecule has 168 valence electrons. The van der Waals surface area contributed by atoms with Gasteiger partial charge in [0, 0.05) is 6.42 Å².